The average Bonchev–Trinajstić information content (AvgIpc) is 2.72. The van der Waals surface area contributed by atoms with Crippen molar-refractivity contribution in [1.82, 2.24) is 9.88 Å². The molecule has 2 aromatic rings. The maximum absolute atomic E-state index is 13.9. The van der Waals surface area contributed by atoms with E-state index >= 15 is 0 Å². The molecule has 1 aromatic carbocycles. The van der Waals surface area contributed by atoms with Crippen LogP contribution >= 0.6 is 0 Å². The van der Waals surface area contributed by atoms with Crippen molar-refractivity contribution in [3.05, 3.63) is 35.5 Å². The first-order chi connectivity index (χ1) is 8.65. The molecule has 1 fully saturated rings. The van der Waals surface area contributed by atoms with Crippen molar-refractivity contribution in [2.24, 2.45) is 0 Å². The summed E-state index contributed by atoms with van der Waals surface area (Å²) in [5.74, 6) is -0.666. The molecule has 1 atom stereocenters. The van der Waals surface area contributed by atoms with E-state index in [2.05, 4.69) is 16.9 Å². The van der Waals surface area contributed by atoms with Crippen LogP contribution in [0.1, 0.15) is 24.3 Å². The molecule has 1 unspecified atom stereocenters. The Morgan fingerprint density at radius 2 is 2.17 bits per heavy atom. The van der Waals surface area contributed by atoms with Crippen molar-refractivity contribution in [2.45, 2.75) is 18.8 Å². The normalized spacial score (nSPS) is 21.6. The van der Waals surface area contributed by atoms with Crippen LogP contribution in [0.3, 0.4) is 0 Å². The maximum atomic E-state index is 13.9. The Labute approximate surface area is 105 Å². The minimum atomic E-state index is -0.533. The number of fused-ring (bicyclic) bond motifs is 1. The summed E-state index contributed by atoms with van der Waals surface area (Å²) >= 11 is 0. The monoisotopic (exact) mass is 250 g/mol. The molecule has 2 nitrogen and oxygen atoms in total. The van der Waals surface area contributed by atoms with E-state index in [1.54, 1.807) is 0 Å². The van der Waals surface area contributed by atoms with Crippen LogP contribution in [0.5, 0.6) is 0 Å². The molecule has 1 aliphatic heterocycles. The number of nitrogens with zero attached hydrogens (tertiary/aromatic N) is 1. The third kappa shape index (κ3) is 1.90. The number of nitrogens with one attached hydrogen (secondary N) is 1. The van der Waals surface area contributed by atoms with Crippen molar-refractivity contribution in [2.75, 3.05) is 20.1 Å². The lowest BCUT2D eigenvalue weighted by Crippen LogP contribution is -2.30. The molecule has 4 heteroatoms. The van der Waals surface area contributed by atoms with Crippen LogP contribution in [0.2, 0.25) is 0 Å². The van der Waals surface area contributed by atoms with Gasteiger partial charge in [0.1, 0.15) is 11.6 Å². The number of H-pyrrole nitrogens is 1. The maximum Gasteiger partial charge on any atom is 0.135 e. The molecule has 0 spiro atoms. The Balaban J connectivity index is 2.07. The summed E-state index contributed by atoms with van der Waals surface area (Å²) in [5.41, 5.74) is 1.53. The summed E-state index contributed by atoms with van der Waals surface area (Å²) in [6.07, 6.45) is 4.02. The van der Waals surface area contributed by atoms with E-state index < -0.39 is 11.6 Å². The van der Waals surface area contributed by atoms with Gasteiger partial charge in [-0.25, -0.2) is 8.78 Å². The fraction of sp³-hybridized carbons (Fsp3) is 0.429. The molecule has 1 aliphatic rings. The van der Waals surface area contributed by atoms with Crippen LogP contribution < -0.4 is 0 Å². The summed E-state index contributed by atoms with van der Waals surface area (Å²) in [5, 5.41) is 0.553. The molecule has 18 heavy (non-hydrogen) atoms. The van der Waals surface area contributed by atoms with Crippen molar-refractivity contribution in [3.63, 3.8) is 0 Å². The molecular formula is C14H16F2N2. The number of hydrogen-bond acceptors (Lipinski definition) is 1. The fourth-order valence-electron chi connectivity index (χ4n) is 2.95. The standard InChI is InChI=1S/C14H16F2N2/c1-18-4-2-3-9(8-18)11-7-17-13-6-10(15)5-12(16)14(11)13/h5-7,9,17H,2-4,8H2,1H3. The number of likely N-dealkylation sites (tertiary alicyclic amines) is 1. The molecule has 0 saturated carbocycles. The Bertz CT molecular complexity index is 576. The highest BCUT2D eigenvalue weighted by atomic mass is 19.1. The summed E-state index contributed by atoms with van der Waals surface area (Å²) in [7, 11) is 2.08. The van der Waals surface area contributed by atoms with Crippen LogP contribution in [0.4, 0.5) is 8.78 Å². The molecule has 1 saturated heterocycles. The predicted molar refractivity (Wildman–Crippen MR) is 67.7 cm³/mol. The smallest absolute Gasteiger partial charge is 0.135 e. The second kappa shape index (κ2) is 4.35. The zero-order valence-electron chi connectivity index (χ0n) is 10.3. The van der Waals surface area contributed by atoms with Gasteiger partial charge in [-0.2, -0.15) is 0 Å². The van der Waals surface area contributed by atoms with Gasteiger partial charge in [-0.3, -0.25) is 0 Å². The van der Waals surface area contributed by atoms with Gasteiger partial charge in [-0.05, 0) is 44.0 Å². The third-order valence-corrected chi connectivity index (χ3v) is 3.79. The molecule has 2 heterocycles. The number of aromatic nitrogens is 1. The molecule has 96 valence electrons. The molecule has 1 aromatic heterocycles. The van der Waals surface area contributed by atoms with E-state index in [1.165, 1.54) is 6.07 Å². The lowest BCUT2D eigenvalue weighted by atomic mass is 9.90. The van der Waals surface area contributed by atoms with Crippen molar-refractivity contribution < 1.29 is 8.78 Å². The highest BCUT2D eigenvalue weighted by Gasteiger charge is 2.23. The Morgan fingerprint density at radius 1 is 1.33 bits per heavy atom. The third-order valence-electron chi connectivity index (χ3n) is 3.79. The molecule has 3 rings (SSSR count). The molecule has 0 aliphatic carbocycles. The number of hydrogen-bond donors (Lipinski definition) is 1. The van der Waals surface area contributed by atoms with Gasteiger partial charge in [-0.1, -0.05) is 0 Å². The average molecular weight is 250 g/mol. The van der Waals surface area contributed by atoms with E-state index in [1.807, 2.05) is 6.20 Å². The quantitative estimate of drug-likeness (QED) is 0.823. The van der Waals surface area contributed by atoms with Gasteiger partial charge in [-0.15, -0.1) is 0 Å². The summed E-state index contributed by atoms with van der Waals surface area (Å²) < 4.78 is 27.1. The molecule has 0 bridgehead atoms. The second-order valence-electron chi connectivity index (χ2n) is 5.16. The van der Waals surface area contributed by atoms with E-state index in [4.69, 9.17) is 0 Å². The predicted octanol–water partition coefficient (Wildman–Crippen LogP) is 3.26. The van der Waals surface area contributed by atoms with E-state index in [9.17, 15) is 8.78 Å². The Hall–Kier alpha value is -1.42. The number of aromatic amines is 1. The Morgan fingerprint density at radius 3 is 2.94 bits per heavy atom. The first-order valence-electron chi connectivity index (χ1n) is 6.29. The minimum absolute atomic E-state index is 0.331. The number of halogens is 2. The lowest BCUT2D eigenvalue weighted by molar-refractivity contribution is 0.251. The Kier molecular flexibility index (Phi) is 2.82. The van der Waals surface area contributed by atoms with Crippen LogP contribution in [0.15, 0.2) is 18.3 Å². The van der Waals surface area contributed by atoms with Gasteiger partial charge in [0.2, 0.25) is 0 Å². The number of piperidine rings is 1. The topological polar surface area (TPSA) is 19.0 Å². The van der Waals surface area contributed by atoms with Crippen LogP contribution in [0, 0.1) is 11.6 Å². The van der Waals surface area contributed by atoms with Crippen molar-refractivity contribution >= 4 is 10.9 Å². The summed E-state index contributed by atoms with van der Waals surface area (Å²) in [6, 6.07) is 2.32. The first-order valence-corrected chi connectivity index (χ1v) is 6.29. The number of rotatable bonds is 1. The highest BCUT2D eigenvalue weighted by molar-refractivity contribution is 5.84. The van der Waals surface area contributed by atoms with Gasteiger partial charge >= 0.3 is 0 Å². The molecule has 1 N–H and O–H groups in total. The largest absolute Gasteiger partial charge is 0.361 e. The van der Waals surface area contributed by atoms with Crippen LogP contribution in [-0.2, 0) is 0 Å². The molecule has 0 amide bonds. The van der Waals surface area contributed by atoms with Gasteiger partial charge in [0.15, 0.2) is 0 Å². The zero-order valence-corrected chi connectivity index (χ0v) is 10.3. The molecular weight excluding hydrogens is 234 g/mol. The van der Waals surface area contributed by atoms with Gasteiger partial charge in [0, 0.05) is 24.2 Å². The zero-order chi connectivity index (χ0) is 12.7. The van der Waals surface area contributed by atoms with E-state index in [0.717, 1.165) is 37.6 Å². The van der Waals surface area contributed by atoms with Gasteiger partial charge < -0.3 is 9.88 Å². The fourth-order valence-corrected chi connectivity index (χ4v) is 2.95. The highest BCUT2D eigenvalue weighted by Crippen LogP contribution is 2.33. The first kappa shape index (κ1) is 11.7. The number of benzene rings is 1. The van der Waals surface area contributed by atoms with Crippen LogP contribution in [0.25, 0.3) is 10.9 Å². The van der Waals surface area contributed by atoms with Gasteiger partial charge in [0.25, 0.3) is 0 Å². The summed E-state index contributed by atoms with van der Waals surface area (Å²) in [4.78, 5) is 5.24. The van der Waals surface area contributed by atoms with Crippen molar-refractivity contribution in [1.29, 1.82) is 0 Å². The van der Waals surface area contributed by atoms with Crippen molar-refractivity contribution in [3.8, 4) is 0 Å². The second-order valence-corrected chi connectivity index (χ2v) is 5.16. The lowest BCUT2D eigenvalue weighted by Gasteiger charge is -2.29. The SMILES string of the molecule is CN1CCCC(c2c[nH]c3cc(F)cc(F)c23)C1. The summed E-state index contributed by atoms with van der Waals surface area (Å²) in [6.45, 7) is 2.03. The van der Waals surface area contributed by atoms with E-state index in [0.29, 0.717) is 16.8 Å². The number of likely N-dealkylation sites (N-methyl/N-ethyl adjacent to an activating group) is 1. The van der Waals surface area contributed by atoms with E-state index in [-0.39, 0.29) is 0 Å². The minimum Gasteiger partial charge on any atom is -0.361 e. The van der Waals surface area contributed by atoms with Gasteiger partial charge in [0.05, 0.1) is 5.52 Å². The molecule has 0 radical (unpaired) electrons. The van der Waals surface area contributed by atoms with Crippen LogP contribution in [-0.4, -0.2) is 30.0 Å².